The van der Waals surface area contributed by atoms with Crippen molar-refractivity contribution in [2.75, 3.05) is 10.2 Å². The van der Waals surface area contributed by atoms with Gasteiger partial charge in [0.25, 0.3) is 0 Å². The highest BCUT2D eigenvalue weighted by Crippen LogP contribution is 2.38. The lowest BCUT2D eigenvalue weighted by molar-refractivity contribution is 0.0999. The number of nitrogens with zero attached hydrogens (tertiary/aromatic N) is 4. The van der Waals surface area contributed by atoms with E-state index in [0.717, 1.165) is 16.8 Å². The molecule has 3 aromatic rings. The number of aryl methyl sites for hydroxylation is 1. The number of benzene rings is 2. The van der Waals surface area contributed by atoms with Crippen molar-refractivity contribution in [1.29, 1.82) is 0 Å². The molecule has 3 N–H and O–H groups in total. The summed E-state index contributed by atoms with van der Waals surface area (Å²) in [4.78, 5) is 27.4. The molecule has 0 bridgehead atoms. The summed E-state index contributed by atoms with van der Waals surface area (Å²) in [5.74, 6) is 1.31. The molecule has 7 heteroatoms. The van der Waals surface area contributed by atoms with E-state index in [4.69, 9.17) is 5.73 Å². The van der Waals surface area contributed by atoms with Gasteiger partial charge in [0, 0.05) is 23.8 Å². The summed E-state index contributed by atoms with van der Waals surface area (Å²) in [7, 11) is 0. The van der Waals surface area contributed by atoms with Crippen LogP contribution in [-0.2, 0) is 13.0 Å². The maximum absolute atomic E-state index is 11.8. The Morgan fingerprint density at radius 1 is 1.14 bits per heavy atom. The highest BCUT2D eigenvalue weighted by Gasteiger charge is 2.32. The topological polar surface area (TPSA) is 97.0 Å². The molecular formula is C21H22N6O. The van der Waals surface area contributed by atoms with Crippen LogP contribution in [-0.4, -0.2) is 26.9 Å². The van der Waals surface area contributed by atoms with Gasteiger partial charge in [-0.05, 0) is 43.5 Å². The summed E-state index contributed by atoms with van der Waals surface area (Å²) in [6.45, 7) is 4.56. The number of carbonyl (C=O) groups is 1. The second kappa shape index (κ2) is 7.26. The fourth-order valence-corrected chi connectivity index (χ4v) is 3.61. The van der Waals surface area contributed by atoms with Crippen molar-refractivity contribution in [3.8, 4) is 0 Å². The number of nitrogens with one attached hydrogen (secondary N) is 1. The van der Waals surface area contributed by atoms with Crippen LogP contribution in [0.4, 0.5) is 17.6 Å². The smallest absolute Gasteiger partial charge is 0.249 e. The van der Waals surface area contributed by atoms with Gasteiger partial charge in [-0.3, -0.25) is 4.79 Å². The fraction of sp³-hybridized carbons (Fsp3) is 0.238. The molecule has 0 fully saturated rings. The van der Waals surface area contributed by atoms with Gasteiger partial charge >= 0.3 is 0 Å². The Kier molecular flexibility index (Phi) is 4.65. The van der Waals surface area contributed by atoms with Gasteiger partial charge in [-0.15, -0.1) is 0 Å². The summed E-state index contributed by atoms with van der Waals surface area (Å²) in [6, 6.07) is 15.8. The third-order valence-corrected chi connectivity index (χ3v) is 4.86. The van der Waals surface area contributed by atoms with Gasteiger partial charge in [-0.25, -0.2) is 0 Å². The summed E-state index contributed by atoms with van der Waals surface area (Å²) in [5.41, 5.74) is 9.12. The minimum absolute atomic E-state index is 0.110. The number of hydrogen-bond acceptors (Lipinski definition) is 6. The molecular weight excluding hydrogens is 352 g/mol. The fourth-order valence-electron chi connectivity index (χ4n) is 3.61. The first-order chi connectivity index (χ1) is 13.5. The number of aromatic nitrogens is 3. The number of rotatable bonds is 5. The average Bonchev–Trinajstić information content (AvgIpc) is 3.02. The molecule has 1 atom stereocenters. The van der Waals surface area contributed by atoms with Gasteiger partial charge in [0.05, 0.1) is 0 Å². The van der Waals surface area contributed by atoms with Crippen molar-refractivity contribution < 1.29 is 4.79 Å². The van der Waals surface area contributed by atoms with Crippen molar-refractivity contribution in [2.45, 2.75) is 32.9 Å². The molecule has 1 aliphatic rings. The lowest BCUT2D eigenvalue weighted by atomic mass is 10.0. The van der Waals surface area contributed by atoms with Gasteiger partial charge < -0.3 is 16.0 Å². The molecule has 0 spiro atoms. The first-order valence-corrected chi connectivity index (χ1v) is 9.24. The van der Waals surface area contributed by atoms with Crippen molar-refractivity contribution >= 4 is 23.5 Å². The van der Waals surface area contributed by atoms with E-state index in [0.29, 0.717) is 36.3 Å². The first kappa shape index (κ1) is 17.9. The van der Waals surface area contributed by atoms with Gasteiger partial charge in [0.2, 0.25) is 17.8 Å². The first-order valence-electron chi connectivity index (χ1n) is 9.24. The Bertz CT molecular complexity index is 1020. The monoisotopic (exact) mass is 374 g/mol. The minimum atomic E-state index is -0.414. The van der Waals surface area contributed by atoms with Crippen LogP contribution in [0.25, 0.3) is 0 Å². The number of hydrogen-bond donors (Lipinski definition) is 2. The van der Waals surface area contributed by atoms with Crippen LogP contribution in [0.1, 0.15) is 34.2 Å². The molecule has 0 saturated carbocycles. The molecule has 1 aliphatic heterocycles. The Labute approximate surface area is 163 Å². The van der Waals surface area contributed by atoms with E-state index in [1.807, 2.05) is 54.3 Å². The van der Waals surface area contributed by atoms with Crippen LogP contribution in [0.3, 0.4) is 0 Å². The van der Waals surface area contributed by atoms with E-state index in [2.05, 4.69) is 27.2 Å². The maximum Gasteiger partial charge on any atom is 0.249 e. The SMILES string of the molecule is Cc1nc(NCc2ccccc2)nc(N2c3cccc(C(N)=O)c3CC2C)n1. The number of carbonyl (C=O) groups excluding carboxylic acids is 1. The molecule has 142 valence electrons. The molecule has 0 saturated heterocycles. The molecule has 2 aromatic carbocycles. The zero-order valence-corrected chi connectivity index (χ0v) is 15.9. The number of nitrogens with two attached hydrogens (primary N) is 1. The third-order valence-electron chi connectivity index (χ3n) is 4.86. The number of anilines is 3. The summed E-state index contributed by atoms with van der Waals surface area (Å²) < 4.78 is 0. The normalized spacial score (nSPS) is 15.4. The molecule has 0 radical (unpaired) electrons. The highest BCUT2D eigenvalue weighted by atomic mass is 16.1. The second-order valence-corrected chi connectivity index (χ2v) is 6.94. The predicted octanol–water partition coefficient (Wildman–Crippen LogP) is 2.97. The Morgan fingerprint density at radius 3 is 2.68 bits per heavy atom. The van der Waals surface area contributed by atoms with Crippen molar-refractivity contribution in [3.05, 3.63) is 71.0 Å². The molecule has 4 rings (SSSR count). The lowest BCUT2D eigenvalue weighted by Gasteiger charge is -2.23. The second-order valence-electron chi connectivity index (χ2n) is 6.94. The van der Waals surface area contributed by atoms with Gasteiger partial charge in [0.15, 0.2) is 0 Å². The zero-order valence-electron chi connectivity index (χ0n) is 15.9. The molecule has 1 amide bonds. The number of amides is 1. The van der Waals surface area contributed by atoms with Gasteiger partial charge in [0.1, 0.15) is 5.82 Å². The Hall–Kier alpha value is -3.48. The summed E-state index contributed by atoms with van der Waals surface area (Å²) in [6.07, 6.45) is 0.714. The van der Waals surface area contributed by atoms with Crippen LogP contribution in [0.15, 0.2) is 48.5 Å². The average molecular weight is 374 g/mol. The van der Waals surface area contributed by atoms with Crippen LogP contribution in [0.2, 0.25) is 0 Å². The predicted molar refractivity (Wildman–Crippen MR) is 109 cm³/mol. The molecule has 1 unspecified atom stereocenters. The van der Waals surface area contributed by atoms with E-state index in [-0.39, 0.29) is 6.04 Å². The van der Waals surface area contributed by atoms with Crippen molar-refractivity contribution in [1.82, 2.24) is 15.0 Å². The van der Waals surface area contributed by atoms with E-state index < -0.39 is 5.91 Å². The quantitative estimate of drug-likeness (QED) is 0.713. The van der Waals surface area contributed by atoms with E-state index >= 15 is 0 Å². The number of primary amides is 1. The highest BCUT2D eigenvalue weighted by molar-refractivity contribution is 5.97. The zero-order chi connectivity index (χ0) is 19.7. The van der Waals surface area contributed by atoms with Crippen LogP contribution in [0.5, 0.6) is 0 Å². The lowest BCUT2D eigenvalue weighted by Crippen LogP contribution is -2.26. The van der Waals surface area contributed by atoms with E-state index in [1.165, 1.54) is 0 Å². The minimum Gasteiger partial charge on any atom is -0.366 e. The van der Waals surface area contributed by atoms with Crippen LogP contribution < -0.4 is 16.0 Å². The van der Waals surface area contributed by atoms with Gasteiger partial charge in [-0.1, -0.05) is 36.4 Å². The Morgan fingerprint density at radius 2 is 1.93 bits per heavy atom. The van der Waals surface area contributed by atoms with Crippen LogP contribution >= 0.6 is 0 Å². The summed E-state index contributed by atoms with van der Waals surface area (Å²) in [5, 5.41) is 3.27. The molecule has 28 heavy (non-hydrogen) atoms. The summed E-state index contributed by atoms with van der Waals surface area (Å²) >= 11 is 0. The van der Waals surface area contributed by atoms with Crippen molar-refractivity contribution in [3.63, 3.8) is 0 Å². The molecule has 1 aromatic heterocycles. The molecule has 0 aliphatic carbocycles. The maximum atomic E-state index is 11.8. The number of fused-ring (bicyclic) bond motifs is 1. The van der Waals surface area contributed by atoms with E-state index in [1.54, 1.807) is 6.07 Å². The molecule has 7 nitrogen and oxygen atoms in total. The Balaban J connectivity index is 1.66. The van der Waals surface area contributed by atoms with Crippen molar-refractivity contribution in [2.24, 2.45) is 5.73 Å². The standard InChI is InChI=1S/C21H22N6O/c1-13-11-17-16(19(22)28)9-6-10-18(17)27(13)21-25-14(2)24-20(26-21)23-12-15-7-4-3-5-8-15/h3-10,13H,11-12H2,1-2H3,(H2,22,28)(H,23,24,25,26). The van der Waals surface area contributed by atoms with Gasteiger partial charge in [-0.2, -0.15) is 15.0 Å². The van der Waals surface area contributed by atoms with Crippen LogP contribution in [0, 0.1) is 6.92 Å². The third kappa shape index (κ3) is 3.38. The largest absolute Gasteiger partial charge is 0.366 e. The molecule has 2 heterocycles. The van der Waals surface area contributed by atoms with E-state index in [9.17, 15) is 4.79 Å².